The van der Waals surface area contributed by atoms with Gasteiger partial charge in [0.25, 0.3) is 5.91 Å². The van der Waals surface area contributed by atoms with Gasteiger partial charge in [-0.2, -0.15) is 5.10 Å². The first kappa shape index (κ1) is 13.9. The standard InChI is InChI=1S/C16H17N5O2/c1-11-8-15-18-13(4-7-21(15)19-11)12-2-5-20(6-3-12)16(22)14-9-17-10-23-14/h4,7-10,12H,2-3,5-6H2,1H3. The fraction of sp³-hybridized carbons (Fsp3) is 0.375. The van der Waals surface area contributed by atoms with E-state index in [0.29, 0.717) is 24.8 Å². The Balaban J connectivity index is 1.47. The van der Waals surface area contributed by atoms with Gasteiger partial charge in [0.05, 0.1) is 11.9 Å². The molecule has 0 saturated carbocycles. The van der Waals surface area contributed by atoms with Gasteiger partial charge in [-0.1, -0.05) is 0 Å². The maximum atomic E-state index is 12.2. The first-order valence-corrected chi connectivity index (χ1v) is 7.71. The minimum atomic E-state index is -0.0872. The molecule has 1 aliphatic rings. The summed E-state index contributed by atoms with van der Waals surface area (Å²) in [5.74, 6) is 0.586. The summed E-state index contributed by atoms with van der Waals surface area (Å²) in [6.07, 6.45) is 6.50. The van der Waals surface area contributed by atoms with E-state index in [9.17, 15) is 4.79 Å². The molecule has 0 spiro atoms. The van der Waals surface area contributed by atoms with Gasteiger partial charge >= 0.3 is 0 Å². The highest BCUT2D eigenvalue weighted by molar-refractivity contribution is 5.91. The van der Waals surface area contributed by atoms with Crippen LogP contribution in [-0.2, 0) is 0 Å². The summed E-state index contributed by atoms with van der Waals surface area (Å²) in [6, 6.07) is 4.00. The number of amides is 1. The summed E-state index contributed by atoms with van der Waals surface area (Å²) in [6.45, 7) is 3.37. The number of nitrogens with zero attached hydrogens (tertiary/aromatic N) is 5. The van der Waals surface area contributed by atoms with E-state index in [-0.39, 0.29) is 5.91 Å². The molecule has 4 rings (SSSR count). The van der Waals surface area contributed by atoms with Gasteiger partial charge in [-0.25, -0.2) is 14.5 Å². The van der Waals surface area contributed by atoms with Gasteiger partial charge < -0.3 is 9.32 Å². The number of carbonyl (C=O) groups is 1. The van der Waals surface area contributed by atoms with Crippen molar-refractivity contribution < 1.29 is 9.21 Å². The molecule has 0 N–H and O–H groups in total. The Morgan fingerprint density at radius 3 is 2.91 bits per heavy atom. The highest BCUT2D eigenvalue weighted by atomic mass is 16.3. The molecule has 3 aromatic rings. The third kappa shape index (κ3) is 2.58. The molecule has 7 heteroatoms. The molecule has 0 atom stereocenters. The zero-order valence-corrected chi connectivity index (χ0v) is 12.8. The number of rotatable bonds is 2. The van der Waals surface area contributed by atoms with Crippen LogP contribution in [-0.4, -0.2) is 43.5 Å². The molecular formula is C16H17N5O2. The van der Waals surface area contributed by atoms with Gasteiger partial charge in [-0.05, 0) is 25.8 Å². The lowest BCUT2D eigenvalue weighted by molar-refractivity contribution is 0.0680. The minimum Gasteiger partial charge on any atom is -0.438 e. The van der Waals surface area contributed by atoms with E-state index in [1.54, 1.807) is 4.52 Å². The van der Waals surface area contributed by atoms with Crippen molar-refractivity contribution in [3.05, 3.63) is 48.1 Å². The van der Waals surface area contributed by atoms with Crippen molar-refractivity contribution >= 4 is 11.6 Å². The fourth-order valence-corrected chi connectivity index (χ4v) is 3.10. The van der Waals surface area contributed by atoms with Crippen molar-refractivity contribution in [2.45, 2.75) is 25.7 Å². The maximum Gasteiger partial charge on any atom is 0.291 e. The molecule has 0 radical (unpaired) electrons. The second-order valence-corrected chi connectivity index (χ2v) is 5.87. The first-order chi connectivity index (χ1) is 11.2. The smallest absolute Gasteiger partial charge is 0.291 e. The molecule has 4 heterocycles. The fourth-order valence-electron chi connectivity index (χ4n) is 3.10. The second kappa shape index (κ2) is 5.49. The number of likely N-dealkylation sites (tertiary alicyclic amines) is 1. The maximum absolute atomic E-state index is 12.2. The van der Waals surface area contributed by atoms with Crippen LogP contribution in [0.25, 0.3) is 5.65 Å². The summed E-state index contributed by atoms with van der Waals surface area (Å²) in [5, 5.41) is 4.35. The Labute approximate surface area is 132 Å². The molecule has 0 aliphatic carbocycles. The van der Waals surface area contributed by atoms with Gasteiger partial charge in [-0.15, -0.1) is 0 Å². The van der Waals surface area contributed by atoms with Crippen LogP contribution >= 0.6 is 0 Å². The Hall–Kier alpha value is -2.70. The molecule has 0 aromatic carbocycles. The van der Waals surface area contributed by atoms with Gasteiger partial charge in [-0.3, -0.25) is 4.79 Å². The summed E-state index contributed by atoms with van der Waals surface area (Å²) in [7, 11) is 0. The summed E-state index contributed by atoms with van der Waals surface area (Å²) in [4.78, 5) is 22.6. The minimum absolute atomic E-state index is 0.0872. The second-order valence-electron chi connectivity index (χ2n) is 5.87. The Morgan fingerprint density at radius 1 is 1.35 bits per heavy atom. The SMILES string of the molecule is Cc1cc2nc(C3CCN(C(=O)c4cnco4)CC3)ccn2n1. The average molecular weight is 311 g/mol. The number of aryl methyl sites for hydroxylation is 1. The topological polar surface area (TPSA) is 76.5 Å². The van der Waals surface area contributed by atoms with Crippen LogP contribution in [0.3, 0.4) is 0 Å². The van der Waals surface area contributed by atoms with Crippen LogP contribution in [0.4, 0.5) is 0 Å². The van der Waals surface area contributed by atoms with Crippen LogP contribution in [0.15, 0.2) is 35.3 Å². The van der Waals surface area contributed by atoms with Crippen molar-refractivity contribution in [3.63, 3.8) is 0 Å². The quantitative estimate of drug-likeness (QED) is 0.724. The lowest BCUT2D eigenvalue weighted by Crippen LogP contribution is -2.37. The van der Waals surface area contributed by atoms with E-state index in [1.807, 2.05) is 30.2 Å². The molecule has 0 unspecified atom stereocenters. The van der Waals surface area contributed by atoms with Gasteiger partial charge in [0.1, 0.15) is 0 Å². The zero-order valence-electron chi connectivity index (χ0n) is 12.8. The highest BCUT2D eigenvalue weighted by Gasteiger charge is 2.26. The highest BCUT2D eigenvalue weighted by Crippen LogP contribution is 2.27. The Kier molecular flexibility index (Phi) is 3.33. The van der Waals surface area contributed by atoms with Crippen molar-refractivity contribution in [1.29, 1.82) is 0 Å². The number of hydrogen-bond donors (Lipinski definition) is 0. The predicted molar refractivity (Wildman–Crippen MR) is 82.1 cm³/mol. The van der Waals surface area contributed by atoms with Crippen molar-refractivity contribution in [2.75, 3.05) is 13.1 Å². The van der Waals surface area contributed by atoms with Gasteiger partial charge in [0, 0.05) is 37.0 Å². The average Bonchev–Trinajstić information content (AvgIpc) is 3.22. The lowest BCUT2D eigenvalue weighted by atomic mass is 9.93. The number of carbonyl (C=O) groups excluding carboxylic acids is 1. The Morgan fingerprint density at radius 2 is 2.17 bits per heavy atom. The van der Waals surface area contributed by atoms with Crippen LogP contribution in [0.2, 0.25) is 0 Å². The monoisotopic (exact) mass is 311 g/mol. The number of hydrogen-bond acceptors (Lipinski definition) is 5. The zero-order chi connectivity index (χ0) is 15.8. The molecule has 23 heavy (non-hydrogen) atoms. The molecule has 1 aliphatic heterocycles. The van der Waals surface area contributed by atoms with Crippen molar-refractivity contribution in [2.24, 2.45) is 0 Å². The largest absolute Gasteiger partial charge is 0.438 e. The molecule has 1 amide bonds. The number of aromatic nitrogens is 4. The third-order valence-electron chi connectivity index (χ3n) is 4.31. The number of oxazole rings is 1. The van der Waals surface area contributed by atoms with E-state index >= 15 is 0 Å². The van der Waals surface area contributed by atoms with E-state index < -0.39 is 0 Å². The molecule has 1 fully saturated rings. The first-order valence-electron chi connectivity index (χ1n) is 7.71. The summed E-state index contributed by atoms with van der Waals surface area (Å²) >= 11 is 0. The van der Waals surface area contributed by atoms with E-state index in [1.165, 1.54) is 12.6 Å². The number of piperidine rings is 1. The normalized spacial score (nSPS) is 16.1. The van der Waals surface area contributed by atoms with Gasteiger partial charge in [0.2, 0.25) is 5.76 Å². The summed E-state index contributed by atoms with van der Waals surface area (Å²) < 4.78 is 6.88. The third-order valence-corrected chi connectivity index (χ3v) is 4.31. The predicted octanol–water partition coefficient (Wildman–Crippen LogP) is 2.05. The molecular weight excluding hydrogens is 294 g/mol. The van der Waals surface area contributed by atoms with Crippen molar-refractivity contribution in [3.8, 4) is 0 Å². The van der Waals surface area contributed by atoms with E-state index in [2.05, 4.69) is 10.1 Å². The molecule has 0 bridgehead atoms. The molecule has 7 nitrogen and oxygen atoms in total. The van der Waals surface area contributed by atoms with Crippen LogP contribution in [0, 0.1) is 6.92 Å². The Bertz CT molecular complexity index is 831. The van der Waals surface area contributed by atoms with E-state index in [0.717, 1.165) is 29.9 Å². The molecule has 1 saturated heterocycles. The molecule has 118 valence electrons. The van der Waals surface area contributed by atoms with Crippen LogP contribution in [0.5, 0.6) is 0 Å². The molecule has 3 aromatic heterocycles. The van der Waals surface area contributed by atoms with Crippen LogP contribution in [0.1, 0.15) is 40.7 Å². The van der Waals surface area contributed by atoms with Gasteiger partial charge in [0.15, 0.2) is 12.0 Å². The summed E-state index contributed by atoms with van der Waals surface area (Å²) in [5.41, 5.74) is 2.91. The van der Waals surface area contributed by atoms with Crippen LogP contribution < -0.4 is 0 Å². The van der Waals surface area contributed by atoms with Crippen molar-refractivity contribution in [1.82, 2.24) is 24.5 Å². The lowest BCUT2D eigenvalue weighted by Gasteiger charge is -2.31. The number of fused-ring (bicyclic) bond motifs is 1. The van der Waals surface area contributed by atoms with E-state index in [4.69, 9.17) is 9.40 Å².